The first-order valence-electron chi connectivity index (χ1n) is 10.2. The normalized spacial score (nSPS) is 32.0. The van der Waals surface area contributed by atoms with Crippen molar-refractivity contribution >= 4 is 33.5 Å². The summed E-state index contributed by atoms with van der Waals surface area (Å²) in [5, 5.41) is 2.73. The monoisotopic (exact) mass is 465 g/mol. The number of benzene rings is 1. The van der Waals surface area contributed by atoms with E-state index in [2.05, 4.69) is 21.2 Å². The number of hydrogen-bond donors (Lipinski definition) is 1. The molecule has 2 atom stereocenters. The molecule has 4 saturated carbocycles. The second-order valence-corrected chi connectivity index (χ2v) is 10.7. The van der Waals surface area contributed by atoms with Gasteiger partial charge in [-0.1, -0.05) is 15.9 Å². The van der Waals surface area contributed by atoms with Crippen LogP contribution in [0.5, 0.6) is 11.5 Å². The van der Waals surface area contributed by atoms with Crippen molar-refractivity contribution in [1.29, 1.82) is 0 Å². The van der Waals surface area contributed by atoms with Crippen LogP contribution in [0.4, 0.5) is 5.69 Å². The van der Waals surface area contributed by atoms with Gasteiger partial charge in [0.05, 0.1) is 26.3 Å². The number of methoxy groups -OCH3 is 2. The minimum atomic E-state index is -0.396. The van der Waals surface area contributed by atoms with Crippen molar-refractivity contribution in [3.8, 4) is 11.5 Å². The smallest absolute Gasteiger partial charge is 0.306 e. The largest absolute Gasteiger partial charge is 0.497 e. The number of anilines is 1. The predicted molar refractivity (Wildman–Crippen MR) is 113 cm³/mol. The van der Waals surface area contributed by atoms with Crippen molar-refractivity contribution in [1.82, 2.24) is 0 Å². The molecule has 4 aliphatic carbocycles. The molecular weight excluding hydrogens is 438 g/mol. The topological polar surface area (TPSA) is 73.9 Å². The van der Waals surface area contributed by atoms with Crippen molar-refractivity contribution in [3.63, 3.8) is 0 Å². The zero-order valence-corrected chi connectivity index (χ0v) is 18.5. The summed E-state index contributed by atoms with van der Waals surface area (Å²) < 4.78 is 16.0. The summed E-state index contributed by atoms with van der Waals surface area (Å²) in [6, 6.07) is 5.13. The average molecular weight is 466 g/mol. The average Bonchev–Trinajstić information content (AvgIpc) is 2.64. The van der Waals surface area contributed by atoms with E-state index in [4.69, 9.17) is 14.2 Å². The van der Waals surface area contributed by atoms with Gasteiger partial charge in [0.1, 0.15) is 11.5 Å². The summed E-state index contributed by atoms with van der Waals surface area (Å²) in [7, 11) is 3.08. The molecule has 0 saturated heterocycles. The van der Waals surface area contributed by atoms with Crippen LogP contribution in [0, 0.1) is 17.3 Å². The Morgan fingerprint density at radius 2 is 1.86 bits per heavy atom. The quantitative estimate of drug-likeness (QED) is 0.479. The van der Waals surface area contributed by atoms with Crippen LogP contribution in [0.2, 0.25) is 0 Å². The summed E-state index contributed by atoms with van der Waals surface area (Å²) in [4.78, 5) is 24.9. The summed E-state index contributed by atoms with van der Waals surface area (Å²) in [5.41, 5.74) is 0.521. The van der Waals surface area contributed by atoms with Gasteiger partial charge in [-0.3, -0.25) is 9.59 Å². The van der Waals surface area contributed by atoms with Gasteiger partial charge < -0.3 is 19.5 Å². The first kappa shape index (κ1) is 20.5. The van der Waals surface area contributed by atoms with E-state index in [-0.39, 0.29) is 22.3 Å². The van der Waals surface area contributed by atoms with Gasteiger partial charge in [-0.15, -0.1) is 0 Å². The van der Waals surface area contributed by atoms with E-state index in [0.717, 1.165) is 19.3 Å². The SMILES string of the molecule is COc1ccc(OC)c(NC(=O)COC(=O)CC23C[C@H]4C[C@@H](CC(Br)(C4)C2)C3)c1. The molecule has 29 heavy (non-hydrogen) atoms. The zero-order chi connectivity index (χ0) is 20.6. The maximum Gasteiger partial charge on any atom is 0.306 e. The number of alkyl halides is 1. The molecule has 4 aliphatic rings. The van der Waals surface area contributed by atoms with Gasteiger partial charge in [-0.05, 0) is 67.9 Å². The Morgan fingerprint density at radius 1 is 1.14 bits per heavy atom. The molecule has 1 amide bonds. The van der Waals surface area contributed by atoms with Crippen molar-refractivity contribution in [2.45, 2.75) is 49.3 Å². The molecule has 6 nitrogen and oxygen atoms in total. The lowest BCUT2D eigenvalue weighted by molar-refractivity contribution is -0.153. The van der Waals surface area contributed by atoms with Crippen LogP contribution in [0.15, 0.2) is 18.2 Å². The van der Waals surface area contributed by atoms with E-state index < -0.39 is 5.91 Å². The van der Waals surface area contributed by atoms with Gasteiger partial charge in [0.2, 0.25) is 0 Å². The van der Waals surface area contributed by atoms with Crippen LogP contribution in [-0.2, 0) is 14.3 Å². The Kier molecular flexibility index (Phi) is 5.53. The molecule has 1 aromatic carbocycles. The molecule has 5 rings (SSSR count). The first-order chi connectivity index (χ1) is 13.8. The third-order valence-electron chi connectivity index (χ3n) is 6.68. The molecule has 4 fully saturated rings. The highest BCUT2D eigenvalue weighted by Gasteiger charge is 2.57. The molecule has 0 radical (unpaired) electrons. The fourth-order valence-electron chi connectivity index (χ4n) is 6.14. The number of carbonyl (C=O) groups excluding carboxylic acids is 2. The molecule has 0 spiro atoms. The Morgan fingerprint density at radius 3 is 2.48 bits per heavy atom. The summed E-state index contributed by atoms with van der Waals surface area (Å²) in [6.07, 6.45) is 7.42. The minimum Gasteiger partial charge on any atom is -0.497 e. The second kappa shape index (κ2) is 7.82. The van der Waals surface area contributed by atoms with Crippen LogP contribution >= 0.6 is 15.9 Å². The highest BCUT2D eigenvalue weighted by atomic mass is 79.9. The summed E-state index contributed by atoms with van der Waals surface area (Å²) in [5.74, 6) is 1.87. The summed E-state index contributed by atoms with van der Waals surface area (Å²) in [6.45, 7) is -0.304. The Bertz CT molecular complexity index is 796. The highest BCUT2D eigenvalue weighted by molar-refractivity contribution is 9.10. The standard InChI is InChI=1S/C22H28BrNO5/c1-27-16-3-4-18(28-2)17(6-16)24-19(25)12-29-20(26)11-21-7-14-5-15(8-21)10-22(23,9-14)13-21/h3-4,6,14-15H,5,7-13H2,1-2H3,(H,24,25)/t14-,15-,21?,22?/m1/s1. The molecule has 158 valence electrons. The molecular formula is C22H28BrNO5. The summed E-state index contributed by atoms with van der Waals surface area (Å²) >= 11 is 3.97. The fourth-order valence-corrected chi connectivity index (χ4v) is 7.65. The van der Waals surface area contributed by atoms with E-state index in [0.29, 0.717) is 35.4 Å². The number of ether oxygens (including phenoxy) is 3. The Hall–Kier alpha value is -1.76. The number of amides is 1. The maximum absolute atomic E-state index is 12.6. The Labute approximate surface area is 179 Å². The lowest BCUT2D eigenvalue weighted by Gasteiger charge is -2.60. The molecule has 0 unspecified atom stereocenters. The minimum absolute atomic E-state index is 0.0388. The van der Waals surface area contributed by atoms with Crippen molar-refractivity contribution in [3.05, 3.63) is 18.2 Å². The van der Waals surface area contributed by atoms with E-state index >= 15 is 0 Å². The number of carbonyl (C=O) groups is 2. The van der Waals surface area contributed by atoms with E-state index in [1.165, 1.54) is 26.4 Å². The van der Waals surface area contributed by atoms with Gasteiger partial charge in [0.15, 0.2) is 6.61 Å². The zero-order valence-electron chi connectivity index (χ0n) is 17.0. The third kappa shape index (κ3) is 4.39. The Balaban J connectivity index is 1.32. The second-order valence-electron chi connectivity index (χ2n) is 9.06. The van der Waals surface area contributed by atoms with Gasteiger partial charge in [-0.25, -0.2) is 0 Å². The van der Waals surface area contributed by atoms with Crippen LogP contribution in [0.3, 0.4) is 0 Å². The third-order valence-corrected chi connectivity index (χ3v) is 7.60. The highest BCUT2D eigenvalue weighted by Crippen LogP contribution is 2.65. The van der Waals surface area contributed by atoms with Gasteiger partial charge in [0.25, 0.3) is 5.91 Å². The lowest BCUT2D eigenvalue weighted by Crippen LogP contribution is -2.53. The van der Waals surface area contributed by atoms with Crippen LogP contribution in [0.1, 0.15) is 44.9 Å². The van der Waals surface area contributed by atoms with Gasteiger partial charge >= 0.3 is 5.97 Å². The number of esters is 1. The molecule has 7 heteroatoms. The number of rotatable bonds is 7. The van der Waals surface area contributed by atoms with Gasteiger partial charge in [0, 0.05) is 10.4 Å². The molecule has 0 aliphatic heterocycles. The molecule has 0 aromatic heterocycles. The van der Waals surface area contributed by atoms with Crippen LogP contribution < -0.4 is 14.8 Å². The molecule has 4 bridgehead atoms. The number of hydrogen-bond acceptors (Lipinski definition) is 5. The van der Waals surface area contributed by atoms with Crippen molar-refractivity contribution in [2.75, 3.05) is 26.1 Å². The van der Waals surface area contributed by atoms with E-state index in [1.807, 2.05) is 0 Å². The van der Waals surface area contributed by atoms with E-state index in [1.54, 1.807) is 25.3 Å². The molecule has 1 N–H and O–H groups in total. The first-order valence-corrected chi connectivity index (χ1v) is 11.0. The van der Waals surface area contributed by atoms with Gasteiger partial charge in [-0.2, -0.15) is 0 Å². The van der Waals surface area contributed by atoms with Crippen LogP contribution in [-0.4, -0.2) is 37.0 Å². The lowest BCUT2D eigenvalue weighted by atomic mass is 9.49. The number of halogens is 1. The molecule has 1 aromatic rings. The number of nitrogens with one attached hydrogen (secondary N) is 1. The van der Waals surface area contributed by atoms with Crippen LogP contribution in [0.25, 0.3) is 0 Å². The maximum atomic E-state index is 12.6. The van der Waals surface area contributed by atoms with Crippen molar-refractivity contribution < 1.29 is 23.8 Å². The van der Waals surface area contributed by atoms with Crippen molar-refractivity contribution in [2.24, 2.45) is 17.3 Å². The predicted octanol–water partition coefficient (Wildman–Crippen LogP) is 4.31. The van der Waals surface area contributed by atoms with E-state index in [9.17, 15) is 9.59 Å². The fraction of sp³-hybridized carbons (Fsp3) is 0.636. The molecule has 0 heterocycles.